The average molecular weight is 366 g/mol. The molecule has 3 rings (SSSR count). The Bertz CT molecular complexity index is 746. The van der Waals surface area contributed by atoms with Gasteiger partial charge in [-0.1, -0.05) is 30.3 Å². The quantitative estimate of drug-likeness (QED) is 0.855. The third-order valence-corrected chi connectivity index (χ3v) is 4.56. The standard InChI is InChI=1S/C20H21F3O3/c1-14-12-19(24,7-8-25-14)16-9-17(20(21,22)23)11-18(10-16)26-13-15-5-3-2-4-6-15/h2-6,9-11,14,24H,7-8,12-13H2,1H3. The van der Waals surface area contributed by atoms with E-state index in [1.807, 2.05) is 30.3 Å². The molecule has 1 heterocycles. The second-order valence-electron chi connectivity index (χ2n) is 6.69. The smallest absolute Gasteiger partial charge is 0.416 e. The Labute approximate surface area is 150 Å². The molecule has 0 spiro atoms. The van der Waals surface area contributed by atoms with E-state index in [1.54, 1.807) is 6.92 Å². The molecule has 2 unspecified atom stereocenters. The van der Waals surface area contributed by atoms with E-state index >= 15 is 0 Å². The molecular formula is C20H21F3O3. The fourth-order valence-corrected chi connectivity index (χ4v) is 3.18. The van der Waals surface area contributed by atoms with E-state index in [4.69, 9.17) is 9.47 Å². The molecule has 6 heteroatoms. The second kappa shape index (κ2) is 7.29. The minimum atomic E-state index is -4.52. The highest BCUT2D eigenvalue weighted by atomic mass is 19.4. The molecule has 1 fully saturated rings. The number of hydrogen-bond acceptors (Lipinski definition) is 3. The largest absolute Gasteiger partial charge is 0.489 e. The summed E-state index contributed by atoms with van der Waals surface area (Å²) in [6, 6.07) is 12.7. The number of rotatable bonds is 4. The summed E-state index contributed by atoms with van der Waals surface area (Å²) in [5.74, 6) is 0.0891. The Morgan fingerprint density at radius 2 is 1.92 bits per heavy atom. The van der Waals surface area contributed by atoms with E-state index in [2.05, 4.69) is 0 Å². The van der Waals surface area contributed by atoms with Gasteiger partial charge < -0.3 is 14.6 Å². The molecule has 26 heavy (non-hydrogen) atoms. The Morgan fingerprint density at radius 3 is 2.58 bits per heavy atom. The molecule has 0 aromatic heterocycles. The van der Waals surface area contributed by atoms with Crippen molar-refractivity contribution in [1.29, 1.82) is 0 Å². The molecule has 2 atom stereocenters. The molecule has 1 saturated heterocycles. The zero-order valence-electron chi connectivity index (χ0n) is 14.4. The van der Waals surface area contributed by atoms with Gasteiger partial charge in [-0.25, -0.2) is 0 Å². The summed E-state index contributed by atoms with van der Waals surface area (Å²) < 4.78 is 51.0. The molecular weight excluding hydrogens is 345 g/mol. The molecule has 140 valence electrons. The number of ether oxygens (including phenoxy) is 2. The van der Waals surface area contributed by atoms with Crippen molar-refractivity contribution in [2.45, 2.75) is 44.3 Å². The molecule has 2 aromatic carbocycles. The maximum Gasteiger partial charge on any atom is 0.416 e. The van der Waals surface area contributed by atoms with Crippen LogP contribution in [0.2, 0.25) is 0 Å². The monoisotopic (exact) mass is 366 g/mol. The highest BCUT2D eigenvalue weighted by molar-refractivity contribution is 5.39. The van der Waals surface area contributed by atoms with E-state index in [0.29, 0.717) is 6.61 Å². The minimum absolute atomic E-state index is 0.0891. The molecule has 0 radical (unpaired) electrons. The number of halogens is 3. The second-order valence-corrected chi connectivity index (χ2v) is 6.69. The van der Waals surface area contributed by atoms with Crippen LogP contribution in [0.3, 0.4) is 0 Å². The lowest BCUT2D eigenvalue weighted by Gasteiger charge is -2.36. The Hall–Kier alpha value is -2.05. The first-order chi connectivity index (χ1) is 12.3. The van der Waals surface area contributed by atoms with Crippen LogP contribution in [-0.2, 0) is 23.1 Å². The van der Waals surface area contributed by atoms with E-state index in [1.165, 1.54) is 6.07 Å². The van der Waals surface area contributed by atoms with Crippen LogP contribution in [0.25, 0.3) is 0 Å². The highest BCUT2D eigenvalue weighted by Gasteiger charge is 2.38. The van der Waals surface area contributed by atoms with Crippen molar-refractivity contribution in [1.82, 2.24) is 0 Å². The van der Waals surface area contributed by atoms with Gasteiger partial charge in [0.25, 0.3) is 0 Å². The highest BCUT2D eigenvalue weighted by Crippen LogP contribution is 2.40. The Morgan fingerprint density at radius 1 is 1.19 bits per heavy atom. The van der Waals surface area contributed by atoms with Crippen LogP contribution in [0.5, 0.6) is 5.75 Å². The van der Waals surface area contributed by atoms with Gasteiger partial charge in [0.2, 0.25) is 0 Å². The molecule has 1 N–H and O–H groups in total. The third kappa shape index (κ3) is 4.37. The van der Waals surface area contributed by atoms with Crippen LogP contribution >= 0.6 is 0 Å². The van der Waals surface area contributed by atoms with Gasteiger partial charge in [0.1, 0.15) is 12.4 Å². The normalized spacial score (nSPS) is 23.7. The molecule has 0 aliphatic carbocycles. The number of alkyl halides is 3. The van der Waals surface area contributed by atoms with Crippen LogP contribution in [-0.4, -0.2) is 17.8 Å². The van der Waals surface area contributed by atoms with Crippen molar-refractivity contribution in [2.75, 3.05) is 6.61 Å². The first kappa shape index (κ1) is 18.7. The third-order valence-electron chi connectivity index (χ3n) is 4.56. The first-order valence-electron chi connectivity index (χ1n) is 8.50. The zero-order chi connectivity index (χ0) is 18.8. The molecule has 2 aromatic rings. The van der Waals surface area contributed by atoms with Crippen LogP contribution in [0, 0.1) is 0 Å². The van der Waals surface area contributed by atoms with Gasteiger partial charge in [0, 0.05) is 12.8 Å². The number of aliphatic hydroxyl groups is 1. The van der Waals surface area contributed by atoms with E-state index < -0.39 is 17.3 Å². The van der Waals surface area contributed by atoms with Gasteiger partial charge in [-0.3, -0.25) is 0 Å². The van der Waals surface area contributed by atoms with Crippen LogP contribution < -0.4 is 4.74 Å². The maximum atomic E-state index is 13.3. The predicted octanol–water partition coefficient (Wildman–Crippen LogP) is 4.67. The Balaban J connectivity index is 1.91. The molecule has 0 amide bonds. The molecule has 0 saturated carbocycles. The topological polar surface area (TPSA) is 38.7 Å². The zero-order valence-corrected chi connectivity index (χ0v) is 14.4. The predicted molar refractivity (Wildman–Crippen MR) is 90.8 cm³/mol. The van der Waals surface area contributed by atoms with Crippen molar-refractivity contribution in [3.8, 4) is 5.75 Å². The molecule has 0 bridgehead atoms. The van der Waals surface area contributed by atoms with Gasteiger partial charge in [-0.05, 0) is 36.2 Å². The lowest BCUT2D eigenvalue weighted by atomic mass is 9.83. The fraction of sp³-hybridized carbons (Fsp3) is 0.400. The summed E-state index contributed by atoms with van der Waals surface area (Å²) in [5, 5.41) is 10.9. The fourth-order valence-electron chi connectivity index (χ4n) is 3.18. The maximum absolute atomic E-state index is 13.3. The average Bonchev–Trinajstić information content (AvgIpc) is 2.60. The van der Waals surface area contributed by atoms with Gasteiger partial charge >= 0.3 is 6.18 Å². The summed E-state index contributed by atoms with van der Waals surface area (Å²) in [6.07, 6.45) is -4.26. The van der Waals surface area contributed by atoms with E-state index in [0.717, 1.165) is 17.7 Å². The number of hydrogen-bond donors (Lipinski definition) is 1. The lowest BCUT2D eigenvalue weighted by Crippen LogP contribution is -2.37. The van der Waals surface area contributed by atoms with Gasteiger partial charge in [0.05, 0.1) is 23.9 Å². The summed E-state index contributed by atoms with van der Waals surface area (Å²) in [4.78, 5) is 0. The Kier molecular flexibility index (Phi) is 5.25. The summed E-state index contributed by atoms with van der Waals surface area (Å²) in [7, 11) is 0. The van der Waals surface area contributed by atoms with Crippen LogP contribution in [0.1, 0.15) is 36.5 Å². The van der Waals surface area contributed by atoms with Crippen LogP contribution in [0.4, 0.5) is 13.2 Å². The van der Waals surface area contributed by atoms with Crippen molar-refractivity contribution >= 4 is 0 Å². The summed E-state index contributed by atoms with van der Waals surface area (Å²) in [6.45, 7) is 2.25. The van der Waals surface area contributed by atoms with Crippen molar-refractivity contribution in [3.05, 3.63) is 65.2 Å². The molecule has 1 aliphatic rings. The molecule has 1 aliphatic heterocycles. The minimum Gasteiger partial charge on any atom is -0.489 e. The lowest BCUT2D eigenvalue weighted by molar-refractivity contribution is -0.138. The summed E-state index contributed by atoms with van der Waals surface area (Å²) >= 11 is 0. The van der Waals surface area contributed by atoms with Gasteiger partial charge in [-0.15, -0.1) is 0 Å². The van der Waals surface area contributed by atoms with Gasteiger partial charge in [0.15, 0.2) is 0 Å². The SMILES string of the molecule is CC1CC(O)(c2cc(OCc3ccccc3)cc(C(F)(F)F)c2)CCO1. The van der Waals surface area contributed by atoms with Crippen LogP contribution in [0.15, 0.2) is 48.5 Å². The van der Waals surface area contributed by atoms with Crippen molar-refractivity contribution in [3.63, 3.8) is 0 Å². The first-order valence-corrected chi connectivity index (χ1v) is 8.50. The van der Waals surface area contributed by atoms with Crippen molar-refractivity contribution < 1.29 is 27.8 Å². The van der Waals surface area contributed by atoms with Crippen molar-refractivity contribution in [2.24, 2.45) is 0 Å². The van der Waals surface area contributed by atoms with E-state index in [9.17, 15) is 18.3 Å². The van der Waals surface area contributed by atoms with Gasteiger partial charge in [-0.2, -0.15) is 13.2 Å². The van der Waals surface area contributed by atoms with E-state index in [-0.39, 0.29) is 36.9 Å². The molecule has 3 nitrogen and oxygen atoms in total. The summed E-state index contributed by atoms with van der Waals surface area (Å²) in [5.41, 5.74) is -1.12. The number of benzene rings is 2.